The van der Waals surface area contributed by atoms with E-state index in [0.29, 0.717) is 54.0 Å². The Hall–Kier alpha value is -3.35. The molecule has 268 valence electrons. The maximum absolute atomic E-state index is 14.2. The van der Waals surface area contributed by atoms with Crippen molar-refractivity contribution in [3.63, 3.8) is 0 Å². The zero-order valence-corrected chi connectivity index (χ0v) is 30.9. The van der Waals surface area contributed by atoms with Gasteiger partial charge < -0.3 is 28.3 Å². The van der Waals surface area contributed by atoms with E-state index >= 15 is 0 Å². The van der Waals surface area contributed by atoms with E-state index in [1.807, 2.05) is 45.0 Å². The summed E-state index contributed by atoms with van der Waals surface area (Å²) in [6.45, 7) is 10.1. The predicted molar refractivity (Wildman–Crippen MR) is 200 cm³/mol. The van der Waals surface area contributed by atoms with Crippen LogP contribution in [0.4, 0.5) is 0 Å². The molecule has 0 atom stereocenters. The number of hydrogen-bond donors (Lipinski definition) is 0. The Morgan fingerprint density at radius 1 is 0.562 bits per heavy atom. The fourth-order valence-corrected chi connectivity index (χ4v) is 6.57. The molecule has 1 aromatic heterocycles. The molecule has 0 N–H and O–H groups in total. The van der Waals surface area contributed by atoms with Crippen LogP contribution in [0.1, 0.15) is 130 Å². The summed E-state index contributed by atoms with van der Waals surface area (Å²) in [5, 5.41) is 0.513. The summed E-state index contributed by atoms with van der Waals surface area (Å²) < 4.78 is 31.6. The van der Waals surface area contributed by atoms with Gasteiger partial charge in [-0.25, -0.2) is 0 Å². The number of methoxy groups -OCH3 is 2. The van der Waals surface area contributed by atoms with E-state index < -0.39 is 0 Å². The monoisotopic (exact) mass is 665 g/mol. The van der Waals surface area contributed by atoms with E-state index in [2.05, 4.69) is 11.5 Å². The highest BCUT2D eigenvalue weighted by Crippen LogP contribution is 2.40. The third kappa shape index (κ3) is 11.4. The number of pyridine rings is 1. The van der Waals surface area contributed by atoms with Crippen molar-refractivity contribution in [2.24, 2.45) is 0 Å². The van der Waals surface area contributed by atoms with Crippen LogP contribution in [-0.4, -0.2) is 38.6 Å². The van der Waals surface area contributed by atoms with Gasteiger partial charge in [0.2, 0.25) is 5.43 Å². The molecule has 0 saturated carbocycles. The number of benzene rings is 2. The minimum atomic E-state index is -0.191. The lowest BCUT2D eigenvalue weighted by Crippen LogP contribution is -2.18. The zero-order chi connectivity index (χ0) is 34.6. The number of ether oxygens (including phenoxy) is 5. The fourth-order valence-electron chi connectivity index (χ4n) is 6.57. The molecule has 0 aliphatic rings. The van der Waals surface area contributed by atoms with Crippen LogP contribution in [0, 0.1) is 0 Å². The zero-order valence-electron chi connectivity index (χ0n) is 30.9. The van der Waals surface area contributed by atoms with Crippen molar-refractivity contribution in [1.82, 2.24) is 4.57 Å². The van der Waals surface area contributed by atoms with Crippen molar-refractivity contribution in [3.8, 4) is 40.0 Å². The summed E-state index contributed by atoms with van der Waals surface area (Å²) in [4.78, 5) is 14.2. The van der Waals surface area contributed by atoms with Crippen LogP contribution >= 0.6 is 0 Å². The largest absolute Gasteiger partial charge is 0.497 e. The SMILES string of the molecule is CCCCCCCCCCCCCCCCCCn1c(-c2ccc(OCC)c(OC)c2)c(OCC)c(=O)c2c(OCC)cc(OC)cc21. The quantitative estimate of drug-likeness (QED) is 0.0795. The second-order valence-electron chi connectivity index (χ2n) is 12.6. The minimum absolute atomic E-state index is 0.191. The van der Waals surface area contributed by atoms with Gasteiger partial charge in [0.25, 0.3) is 0 Å². The van der Waals surface area contributed by atoms with Crippen molar-refractivity contribution < 1.29 is 23.7 Å². The van der Waals surface area contributed by atoms with Crippen LogP contribution in [0.3, 0.4) is 0 Å². The van der Waals surface area contributed by atoms with E-state index in [1.165, 1.54) is 89.9 Å². The van der Waals surface area contributed by atoms with Gasteiger partial charge in [0.15, 0.2) is 17.2 Å². The van der Waals surface area contributed by atoms with Crippen LogP contribution in [0.2, 0.25) is 0 Å². The Bertz CT molecular complexity index is 1410. The summed E-state index contributed by atoms with van der Waals surface area (Å²) in [5.74, 6) is 2.74. The lowest BCUT2D eigenvalue weighted by Gasteiger charge is -2.23. The van der Waals surface area contributed by atoms with Crippen LogP contribution in [0.5, 0.6) is 28.7 Å². The average molecular weight is 666 g/mol. The highest BCUT2D eigenvalue weighted by atomic mass is 16.5. The first-order valence-corrected chi connectivity index (χ1v) is 18.9. The summed E-state index contributed by atoms with van der Waals surface area (Å²) >= 11 is 0. The molecule has 0 bridgehead atoms. The Morgan fingerprint density at radius 3 is 1.62 bits per heavy atom. The third-order valence-corrected chi connectivity index (χ3v) is 9.06. The summed E-state index contributed by atoms with van der Waals surface area (Å²) in [6, 6.07) is 9.54. The number of aryl methyl sites for hydroxylation is 1. The lowest BCUT2D eigenvalue weighted by molar-refractivity contribution is 0.311. The molecular formula is C41H63NO6. The smallest absolute Gasteiger partial charge is 0.235 e. The standard InChI is InChI=1S/C41H63NO6/c1-7-11-12-13-14-15-16-17-18-19-20-21-22-23-24-25-28-42-34-30-33(44-5)31-37(47-9-3)38(34)40(43)41(48-10-4)39(42)32-26-27-35(46-8-2)36(29-32)45-6/h26-27,29-31H,7-25,28H2,1-6H3. The molecule has 0 aliphatic heterocycles. The Balaban J connectivity index is 1.76. The number of aromatic nitrogens is 1. The van der Waals surface area contributed by atoms with E-state index in [4.69, 9.17) is 23.7 Å². The maximum Gasteiger partial charge on any atom is 0.235 e. The van der Waals surface area contributed by atoms with Gasteiger partial charge in [0.05, 0.1) is 50.6 Å². The second-order valence-corrected chi connectivity index (χ2v) is 12.6. The Kier molecular flexibility index (Phi) is 18.2. The van der Waals surface area contributed by atoms with Gasteiger partial charge in [0, 0.05) is 24.2 Å². The van der Waals surface area contributed by atoms with Gasteiger partial charge >= 0.3 is 0 Å². The molecule has 7 nitrogen and oxygen atoms in total. The van der Waals surface area contributed by atoms with Gasteiger partial charge in [0.1, 0.15) is 11.5 Å². The molecule has 0 amide bonds. The molecule has 7 heteroatoms. The molecule has 0 aliphatic carbocycles. The Morgan fingerprint density at radius 2 is 1.10 bits per heavy atom. The van der Waals surface area contributed by atoms with Gasteiger partial charge in [-0.15, -0.1) is 0 Å². The topological polar surface area (TPSA) is 68.2 Å². The summed E-state index contributed by atoms with van der Waals surface area (Å²) in [7, 11) is 3.27. The summed E-state index contributed by atoms with van der Waals surface area (Å²) in [6.07, 6.45) is 21.1. The highest BCUT2D eigenvalue weighted by Gasteiger charge is 2.24. The molecule has 0 radical (unpaired) electrons. The van der Waals surface area contributed by atoms with Crippen molar-refractivity contribution in [3.05, 3.63) is 40.6 Å². The molecule has 0 unspecified atom stereocenters. The van der Waals surface area contributed by atoms with E-state index in [0.717, 1.165) is 36.2 Å². The highest BCUT2D eigenvalue weighted by molar-refractivity contribution is 5.92. The maximum atomic E-state index is 14.2. The van der Waals surface area contributed by atoms with Gasteiger partial charge in [-0.05, 0) is 45.4 Å². The van der Waals surface area contributed by atoms with Crippen molar-refractivity contribution in [2.45, 2.75) is 137 Å². The molecule has 0 fully saturated rings. The summed E-state index contributed by atoms with van der Waals surface area (Å²) in [5.41, 5.74) is 2.14. The van der Waals surface area contributed by atoms with Crippen molar-refractivity contribution in [2.75, 3.05) is 34.0 Å². The number of nitrogens with zero attached hydrogens (tertiary/aromatic N) is 1. The molecular weight excluding hydrogens is 602 g/mol. The lowest BCUT2D eigenvalue weighted by atomic mass is 10.0. The van der Waals surface area contributed by atoms with Crippen LogP contribution in [0.25, 0.3) is 22.2 Å². The first-order chi connectivity index (χ1) is 23.5. The number of unbranched alkanes of at least 4 members (excludes halogenated alkanes) is 15. The normalized spacial score (nSPS) is 11.2. The Labute approximate surface area is 290 Å². The number of hydrogen-bond acceptors (Lipinski definition) is 6. The predicted octanol–water partition coefficient (Wildman–Crippen LogP) is 11.1. The van der Waals surface area contributed by atoms with E-state index in [-0.39, 0.29) is 5.43 Å². The van der Waals surface area contributed by atoms with Crippen LogP contribution < -0.4 is 29.1 Å². The van der Waals surface area contributed by atoms with Gasteiger partial charge in [-0.3, -0.25) is 4.79 Å². The second kappa shape index (κ2) is 22.3. The minimum Gasteiger partial charge on any atom is -0.497 e. The van der Waals surface area contributed by atoms with Crippen LogP contribution in [-0.2, 0) is 6.54 Å². The van der Waals surface area contributed by atoms with Gasteiger partial charge in [-0.1, -0.05) is 103 Å². The molecule has 0 saturated heterocycles. The first-order valence-electron chi connectivity index (χ1n) is 18.9. The first kappa shape index (κ1) is 39.1. The molecule has 3 aromatic rings. The van der Waals surface area contributed by atoms with Crippen molar-refractivity contribution in [1.29, 1.82) is 0 Å². The van der Waals surface area contributed by atoms with Crippen molar-refractivity contribution >= 4 is 10.9 Å². The molecule has 0 spiro atoms. The van der Waals surface area contributed by atoms with Crippen LogP contribution in [0.15, 0.2) is 35.1 Å². The van der Waals surface area contributed by atoms with E-state index in [9.17, 15) is 4.79 Å². The number of rotatable bonds is 26. The van der Waals surface area contributed by atoms with Gasteiger partial charge in [-0.2, -0.15) is 0 Å². The average Bonchev–Trinajstić information content (AvgIpc) is 3.10. The molecule has 48 heavy (non-hydrogen) atoms. The molecule has 3 rings (SSSR count). The number of fused-ring (bicyclic) bond motifs is 1. The van der Waals surface area contributed by atoms with E-state index in [1.54, 1.807) is 20.3 Å². The molecule has 1 heterocycles. The third-order valence-electron chi connectivity index (χ3n) is 9.06. The molecule has 2 aromatic carbocycles. The fraction of sp³-hybridized carbons (Fsp3) is 0.634.